The summed E-state index contributed by atoms with van der Waals surface area (Å²) in [5.74, 6) is 1.55. The van der Waals surface area contributed by atoms with Crippen LogP contribution in [0.1, 0.15) is 54.3 Å². The lowest BCUT2D eigenvalue weighted by Crippen LogP contribution is -2.29. The first kappa shape index (κ1) is 24.6. The van der Waals surface area contributed by atoms with Gasteiger partial charge in [0.15, 0.2) is 5.82 Å². The number of halogens is 2. The average molecular weight is 523 g/mol. The van der Waals surface area contributed by atoms with E-state index in [0.717, 1.165) is 37.0 Å². The topological polar surface area (TPSA) is 104 Å². The zero-order chi connectivity index (χ0) is 25.4. The van der Waals surface area contributed by atoms with Gasteiger partial charge < -0.3 is 20.4 Å². The standard InChI is InChI=1S/C27H28Cl2N6O/c1-15(25-20(28)13-32-14-21(25)29)36-18-4-5-22(30)19(12-18)26(31)27-33-23-6-3-17(11-24(23)34-27)16-7-9-35(2)10-8-16/h3-6,11-16,31H,7-10,30H2,1-2H3,(H,33,34). The minimum atomic E-state index is -0.428. The summed E-state index contributed by atoms with van der Waals surface area (Å²) in [5, 5.41) is 9.70. The number of nitrogen functional groups attached to an aromatic ring is 1. The SMILES string of the molecule is CC(Oc1ccc(N)c(C(=N)c2nc3ccc(C4CCN(C)CC4)cc3[nH]2)c1)c1c(Cl)cncc1Cl. The molecule has 1 aliphatic rings. The number of rotatable bonds is 6. The molecule has 0 spiro atoms. The van der Waals surface area contributed by atoms with E-state index < -0.39 is 6.10 Å². The van der Waals surface area contributed by atoms with Crippen LogP contribution < -0.4 is 10.5 Å². The van der Waals surface area contributed by atoms with Gasteiger partial charge in [-0.15, -0.1) is 0 Å². The van der Waals surface area contributed by atoms with Crippen LogP contribution in [0.4, 0.5) is 5.69 Å². The van der Waals surface area contributed by atoms with Crippen molar-refractivity contribution >= 4 is 45.6 Å². The second-order valence-electron chi connectivity index (χ2n) is 9.34. The van der Waals surface area contributed by atoms with Gasteiger partial charge in [-0.05, 0) is 81.7 Å². The van der Waals surface area contributed by atoms with Gasteiger partial charge in [-0.2, -0.15) is 0 Å². The zero-order valence-corrected chi connectivity index (χ0v) is 21.7. The number of H-pyrrole nitrogens is 1. The van der Waals surface area contributed by atoms with E-state index in [1.54, 1.807) is 18.2 Å². The minimum absolute atomic E-state index is 0.197. The summed E-state index contributed by atoms with van der Waals surface area (Å²) in [6.07, 6.45) is 4.94. The Labute approximate surface area is 220 Å². The molecule has 7 nitrogen and oxygen atoms in total. The minimum Gasteiger partial charge on any atom is -0.486 e. The van der Waals surface area contributed by atoms with Crippen molar-refractivity contribution in [3.8, 4) is 5.75 Å². The third-order valence-corrected chi connectivity index (χ3v) is 7.44. The van der Waals surface area contributed by atoms with E-state index in [9.17, 15) is 0 Å². The Balaban J connectivity index is 1.39. The van der Waals surface area contributed by atoms with E-state index in [0.29, 0.717) is 44.4 Å². The van der Waals surface area contributed by atoms with Gasteiger partial charge in [0.1, 0.15) is 17.6 Å². The maximum atomic E-state index is 8.84. The summed E-state index contributed by atoms with van der Waals surface area (Å²) < 4.78 is 6.11. The summed E-state index contributed by atoms with van der Waals surface area (Å²) in [7, 11) is 2.17. The third-order valence-electron chi connectivity index (χ3n) is 6.84. The molecule has 0 amide bonds. The second-order valence-corrected chi connectivity index (χ2v) is 10.2. The van der Waals surface area contributed by atoms with Gasteiger partial charge in [0.25, 0.3) is 0 Å². The number of nitrogens with two attached hydrogens (primary N) is 1. The number of piperidine rings is 1. The van der Waals surface area contributed by atoms with Gasteiger partial charge in [0.2, 0.25) is 0 Å². The number of pyridine rings is 1. The maximum absolute atomic E-state index is 8.84. The van der Waals surface area contributed by atoms with Crippen molar-refractivity contribution < 1.29 is 4.74 Å². The van der Waals surface area contributed by atoms with E-state index in [2.05, 4.69) is 39.0 Å². The normalized spacial score (nSPS) is 15.8. The van der Waals surface area contributed by atoms with Crippen LogP contribution in [0.5, 0.6) is 5.75 Å². The van der Waals surface area contributed by atoms with Crippen LogP contribution >= 0.6 is 23.2 Å². The molecule has 1 fully saturated rings. The summed E-state index contributed by atoms with van der Waals surface area (Å²) in [4.78, 5) is 14.4. The fourth-order valence-electron chi connectivity index (χ4n) is 4.77. The van der Waals surface area contributed by atoms with E-state index in [4.69, 9.17) is 39.1 Å². The van der Waals surface area contributed by atoms with Gasteiger partial charge >= 0.3 is 0 Å². The van der Waals surface area contributed by atoms with Gasteiger partial charge in [0, 0.05) is 29.2 Å². The number of hydrogen-bond donors (Lipinski definition) is 3. The van der Waals surface area contributed by atoms with Gasteiger partial charge in [-0.25, -0.2) is 4.98 Å². The van der Waals surface area contributed by atoms with Crippen LogP contribution in [0.2, 0.25) is 10.0 Å². The van der Waals surface area contributed by atoms with E-state index >= 15 is 0 Å². The molecule has 2 aromatic heterocycles. The number of aromatic nitrogens is 3. The van der Waals surface area contributed by atoms with Gasteiger partial charge in [-0.1, -0.05) is 29.3 Å². The molecule has 1 aliphatic heterocycles. The van der Waals surface area contributed by atoms with Crippen molar-refractivity contribution in [2.75, 3.05) is 25.9 Å². The number of anilines is 1. The molecule has 36 heavy (non-hydrogen) atoms. The summed E-state index contributed by atoms with van der Waals surface area (Å²) >= 11 is 12.6. The van der Waals surface area contributed by atoms with Crippen molar-refractivity contribution in [2.24, 2.45) is 0 Å². The molecule has 5 rings (SSSR count). The van der Waals surface area contributed by atoms with Crippen molar-refractivity contribution in [1.29, 1.82) is 5.41 Å². The predicted molar refractivity (Wildman–Crippen MR) is 146 cm³/mol. The Bertz CT molecular complexity index is 1410. The number of aromatic amines is 1. The molecule has 3 heterocycles. The quantitative estimate of drug-likeness (QED) is 0.206. The van der Waals surface area contributed by atoms with Crippen LogP contribution in [-0.2, 0) is 0 Å². The fourth-order valence-corrected chi connectivity index (χ4v) is 5.44. The van der Waals surface area contributed by atoms with Crippen LogP contribution in [0.15, 0.2) is 48.8 Å². The lowest BCUT2D eigenvalue weighted by atomic mass is 9.89. The lowest BCUT2D eigenvalue weighted by Gasteiger charge is -2.29. The second kappa shape index (κ2) is 10.1. The van der Waals surface area contributed by atoms with Crippen LogP contribution in [0, 0.1) is 5.41 Å². The van der Waals surface area contributed by atoms with Crippen LogP contribution in [0.3, 0.4) is 0 Å². The van der Waals surface area contributed by atoms with Crippen molar-refractivity contribution in [3.63, 3.8) is 0 Å². The summed E-state index contributed by atoms with van der Waals surface area (Å²) in [5.41, 5.74) is 11.2. The first-order valence-corrected chi connectivity index (χ1v) is 12.7. The zero-order valence-electron chi connectivity index (χ0n) is 20.2. The largest absolute Gasteiger partial charge is 0.486 e. The predicted octanol–water partition coefficient (Wildman–Crippen LogP) is 6.21. The number of nitrogens with zero attached hydrogens (tertiary/aromatic N) is 3. The maximum Gasteiger partial charge on any atom is 0.157 e. The molecule has 4 aromatic rings. The summed E-state index contributed by atoms with van der Waals surface area (Å²) in [6.45, 7) is 4.07. The Hall–Kier alpha value is -3.13. The number of likely N-dealkylation sites (tertiary alicyclic amines) is 1. The molecule has 0 bridgehead atoms. The first-order valence-electron chi connectivity index (χ1n) is 11.9. The van der Waals surface area contributed by atoms with Crippen molar-refractivity contribution in [1.82, 2.24) is 19.9 Å². The third kappa shape index (κ3) is 4.91. The van der Waals surface area contributed by atoms with E-state index in [1.165, 1.54) is 18.0 Å². The highest BCUT2D eigenvalue weighted by atomic mass is 35.5. The van der Waals surface area contributed by atoms with E-state index in [1.807, 2.05) is 13.0 Å². The molecule has 0 saturated carbocycles. The van der Waals surface area contributed by atoms with E-state index in [-0.39, 0.29) is 5.71 Å². The van der Waals surface area contributed by atoms with Crippen LogP contribution in [-0.4, -0.2) is 45.7 Å². The molecule has 0 radical (unpaired) electrons. The molecule has 2 aromatic carbocycles. The Morgan fingerprint density at radius 2 is 1.86 bits per heavy atom. The molecule has 9 heteroatoms. The summed E-state index contributed by atoms with van der Waals surface area (Å²) in [6, 6.07) is 11.6. The van der Waals surface area contributed by atoms with Crippen LogP contribution in [0.25, 0.3) is 11.0 Å². The molecular weight excluding hydrogens is 495 g/mol. The highest BCUT2D eigenvalue weighted by Gasteiger charge is 2.21. The smallest absolute Gasteiger partial charge is 0.157 e. The Kier molecular flexibility index (Phi) is 6.88. The number of fused-ring (bicyclic) bond motifs is 1. The highest BCUT2D eigenvalue weighted by molar-refractivity contribution is 6.35. The average Bonchev–Trinajstić information content (AvgIpc) is 3.29. The van der Waals surface area contributed by atoms with Crippen molar-refractivity contribution in [2.45, 2.75) is 31.8 Å². The number of benzene rings is 2. The number of imidazole rings is 1. The Morgan fingerprint density at radius 1 is 1.14 bits per heavy atom. The molecule has 0 aliphatic carbocycles. The number of ether oxygens (including phenoxy) is 1. The number of nitrogens with one attached hydrogen (secondary N) is 2. The van der Waals surface area contributed by atoms with Gasteiger partial charge in [0.05, 0.1) is 21.1 Å². The first-order chi connectivity index (χ1) is 17.3. The number of hydrogen-bond acceptors (Lipinski definition) is 6. The lowest BCUT2D eigenvalue weighted by molar-refractivity contribution is 0.227. The highest BCUT2D eigenvalue weighted by Crippen LogP contribution is 2.34. The monoisotopic (exact) mass is 522 g/mol. The van der Waals surface area contributed by atoms with Crippen molar-refractivity contribution in [3.05, 3.63) is 81.4 Å². The molecule has 1 saturated heterocycles. The molecule has 4 N–H and O–H groups in total. The fraction of sp³-hybridized carbons (Fsp3) is 0.296. The molecule has 186 valence electrons. The molecule has 1 unspecified atom stereocenters. The Morgan fingerprint density at radius 3 is 2.58 bits per heavy atom. The van der Waals surface area contributed by atoms with Gasteiger partial charge in [-0.3, -0.25) is 10.4 Å². The molecule has 1 atom stereocenters. The molecular formula is C27H28Cl2N6O.